The number of phenolic OH excluding ortho intramolecular Hbond substituents is 1. The number of fused-ring (bicyclic) bond motifs is 1. The van der Waals surface area contributed by atoms with Gasteiger partial charge in [-0.1, -0.05) is 95.2 Å². The molecule has 4 nitrogen and oxygen atoms in total. The Morgan fingerprint density at radius 1 is 0.605 bits per heavy atom. The molecule has 0 saturated heterocycles. The van der Waals surface area contributed by atoms with Crippen molar-refractivity contribution in [1.29, 1.82) is 0 Å². The van der Waals surface area contributed by atoms with Crippen LogP contribution in [0.4, 0.5) is 0 Å². The molecule has 0 saturated carbocycles. The van der Waals surface area contributed by atoms with Crippen molar-refractivity contribution in [1.82, 2.24) is 4.98 Å². The molecule has 206 valence electrons. The van der Waals surface area contributed by atoms with E-state index in [1.165, 1.54) is 22.3 Å². The number of furan rings is 1. The zero-order chi connectivity index (χ0) is 28.8. The molecule has 2 heterocycles. The molecule has 1 N–H and O–H groups in total. The fraction of sp³-hybridized carbons (Fsp3) is 0.500. The van der Waals surface area contributed by atoms with Crippen molar-refractivity contribution in [3.63, 3.8) is 0 Å². The van der Waals surface area contributed by atoms with E-state index in [0.29, 0.717) is 17.4 Å². The molecule has 0 atom stereocenters. The van der Waals surface area contributed by atoms with Gasteiger partial charge in [0.15, 0.2) is 11.3 Å². The summed E-state index contributed by atoms with van der Waals surface area (Å²) in [5, 5.41) is 9.72. The fourth-order valence-electron chi connectivity index (χ4n) is 4.15. The molecule has 0 radical (unpaired) electrons. The van der Waals surface area contributed by atoms with Crippen LogP contribution in [0, 0.1) is 6.92 Å². The Morgan fingerprint density at radius 2 is 1.11 bits per heavy atom. The number of hydrogen-bond donors (Lipinski definition) is 1. The van der Waals surface area contributed by atoms with Gasteiger partial charge in [-0.25, -0.2) is 4.98 Å². The van der Waals surface area contributed by atoms with Crippen LogP contribution in [0.2, 0.25) is 0 Å². The summed E-state index contributed by atoms with van der Waals surface area (Å²) >= 11 is 0. The molecule has 2 aromatic heterocycles. The van der Waals surface area contributed by atoms with Gasteiger partial charge in [-0.15, -0.1) is 0 Å². The van der Waals surface area contributed by atoms with E-state index in [4.69, 9.17) is 8.83 Å². The van der Waals surface area contributed by atoms with Crippen LogP contribution in [0.25, 0.3) is 22.8 Å². The molecule has 38 heavy (non-hydrogen) atoms. The van der Waals surface area contributed by atoms with Crippen LogP contribution in [0.5, 0.6) is 5.75 Å². The normalized spacial score (nSPS) is 13.0. The van der Waals surface area contributed by atoms with E-state index in [-0.39, 0.29) is 21.7 Å². The molecule has 0 aliphatic carbocycles. The Labute approximate surface area is 229 Å². The molecule has 2 aromatic carbocycles. The summed E-state index contributed by atoms with van der Waals surface area (Å²) in [6, 6.07) is 14.1. The summed E-state index contributed by atoms with van der Waals surface area (Å²) in [5.41, 5.74) is 6.79. The highest BCUT2D eigenvalue weighted by atomic mass is 16.4. The van der Waals surface area contributed by atoms with Crippen molar-refractivity contribution in [3.05, 3.63) is 70.5 Å². The maximum Gasteiger partial charge on any atom is 0.263 e. The van der Waals surface area contributed by atoms with Crippen LogP contribution in [-0.2, 0) is 21.7 Å². The Balaban J connectivity index is 0.000000232. The zero-order valence-electron chi connectivity index (χ0n) is 25.8. The molecule has 0 aliphatic heterocycles. The lowest BCUT2D eigenvalue weighted by Gasteiger charge is -2.25. The Bertz CT molecular complexity index is 1380. The number of hydrogen-bond acceptors (Lipinski definition) is 4. The van der Waals surface area contributed by atoms with Crippen LogP contribution >= 0.6 is 0 Å². The molecular weight excluding hydrogens is 470 g/mol. The van der Waals surface area contributed by atoms with Gasteiger partial charge in [-0.3, -0.25) is 0 Å². The summed E-state index contributed by atoms with van der Waals surface area (Å²) in [4.78, 5) is 4.68. The topological polar surface area (TPSA) is 59.4 Å². The smallest absolute Gasteiger partial charge is 0.263 e. The van der Waals surface area contributed by atoms with E-state index < -0.39 is 0 Å². The van der Waals surface area contributed by atoms with Gasteiger partial charge < -0.3 is 13.9 Å². The van der Waals surface area contributed by atoms with E-state index in [1.807, 2.05) is 31.2 Å². The van der Waals surface area contributed by atoms with Crippen LogP contribution in [-0.4, -0.2) is 10.1 Å². The molecule has 4 heteroatoms. The standard InChI is InChI=1S/C20H25NO2.C14H22O/c1-12-8-9-16(22-12)18-21-15-11-13(19(2,3)4)10-14(17(15)23-18)20(5,6)7;1-13(2,3)10-7-11(14(4,5)6)9-12(15)8-10/h8-11H,1-7H3;7-9,15H,1-6H3. The van der Waals surface area contributed by atoms with Gasteiger partial charge in [0.05, 0.1) is 0 Å². The fourth-order valence-corrected chi connectivity index (χ4v) is 4.15. The SMILES string of the molecule is CC(C)(C)c1cc(O)cc(C(C)(C)C)c1.Cc1ccc(-c2nc3cc(C(C)(C)C)cc(C(C)(C)C)c3o2)o1. The summed E-state index contributed by atoms with van der Waals surface area (Å²) < 4.78 is 11.8. The first-order valence-electron chi connectivity index (χ1n) is 13.5. The zero-order valence-corrected chi connectivity index (χ0v) is 25.8. The van der Waals surface area contributed by atoms with Crippen molar-refractivity contribution >= 4 is 11.1 Å². The maximum absolute atomic E-state index is 9.72. The molecule has 0 aliphatic rings. The first-order chi connectivity index (χ1) is 17.2. The molecule has 0 amide bonds. The van der Waals surface area contributed by atoms with Crippen molar-refractivity contribution < 1.29 is 13.9 Å². The Morgan fingerprint density at radius 3 is 1.53 bits per heavy atom. The van der Waals surface area contributed by atoms with Crippen molar-refractivity contribution in [3.8, 4) is 17.4 Å². The third-order valence-electron chi connectivity index (χ3n) is 6.77. The van der Waals surface area contributed by atoms with E-state index in [2.05, 4.69) is 106 Å². The number of nitrogens with zero attached hydrogens (tertiary/aromatic N) is 1. The summed E-state index contributed by atoms with van der Waals surface area (Å²) in [6.07, 6.45) is 0. The first-order valence-corrected chi connectivity index (χ1v) is 13.5. The van der Waals surface area contributed by atoms with Gasteiger partial charge in [0.25, 0.3) is 5.89 Å². The second-order valence-electron chi connectivity index (χ2n) is 14.6. The lowest BCUT2D eigenvalue weighted by Crippen LogP contribution is -2.16. The number of oxazole rings is 1. The third-order valence-corrected chi connectivity index (χ3v) is 6.77. The lowest BCUT2D eigenvalue weighted by molar-refractivity contribution is 0.466. The van der Waals surface area contributed by atoms with Crippen molar-refractivity contribution in [2.24, 2.45) is 0 Å². The summed E-state index contributed by atoms with van der Waals surface area (Å²) in [7, 11) is 0. The summed E-state index contributed by atoms with van der Waals surface area (Å²) in [6.45, 7) is 28.2. The monoisotopic (exact) mass is 517 g/mol. The molecule has 4 rings (SSSR count). The molecular formula is C34H47NO3. The molecule has 0 bridgehead atoms. The van der Waals surface area contributed by atoms with Gasteiger partial charge in [-0.05, 0) is 75.6 Å². The Hall–Kier alpha value is -3.01. The molecule has 0 fully saturated rings. The molecule has 4 aromatic rings. The first kappa shape index (κ1) is 29.5. The van der Waals surface area contributed by atoms with Gasteiger partial charge in [-0.2, -0.15) is 0 Å². The third kappa shape index (κ3) is 6.89. The van der Waals surface area contributed by atoms with E-state index in [0.717, 1.165) is 16.9 Å². The average molecular weight is 518 g/mol. The average Bonchev–Trinajstić information content (AvgIpc) is 3.36. The number of aryl methyl sites for hydroxylation is 1. The predicted octanol–water partition coefficient (Wildman–Crippen LogP) is 9.98. The highest BCUT2D eigenvalue weighted by Crippen LogP contribution is 2.37. The van der Waals surface area contributed by atoms with Crippen LogP contribution in [0.15, 0.2) is 51.3 Å². The quantitative estimate of drug-likeness (QED) is 0.273. The second kappa shape index (κ2) is 9.94. The number of aromatic hydroxyl groups is 1. The minimum Gasteiger partial charge on any atom is -0.508 e. The van der Waals surface area contributed by atoms with Crippen LogP contribution < -0.4 is 0 Å². The second-order valence-corrected chi connectivity index (χ2v) is 14.6. The Kier molecular flexibility index (Phi) is 7.73. The van der Waals surface area contributed by atoms with Crippen molar-refractivity contribution in [2.45, 2.75) is 112 Å². The van der Waals surface area contributed by atoms with E-state index in [1.54, 1.807) is 0 Å². The number of benzene rings is 2. The number of aromatic nitrogens is 1. The largest absolute Gasteiger partial charge is 0.508 e. The predicted molar refractivity (Wildman–Crippen MR) is 159 cm³/mol. The highest BCUT2D eigenvalue weighted by Gasteiger charge is 2.26. The van der Waals surface area contributed by atoms with Gasteiger partial charge in [0.2, 0.25) is 0 Å². The van der Waals surface area contributed by atoms with E-state index in [9.17, 15) is 5.11 Å². The van der Waals surface area contributed by atoms with Gasteiger partial charge in [0.1, 0.15) is 17.0 Å². The molecule has 0 spiro atoms. The van der Waals surface area contributed by atoms with Crippen molar-refractivity contribution in [2.75, 3.05) is 0 Å². The van der Waals surface area contributed by atoms with E-state index >= 15 is 0 Å². The maximum atomic E-state index is 9.72. The highest BCUT2D eigenvalue weighted by molar-refractivity contribution is 5.81. The van der Waals surface area contributed by atoms with Crippen LogP contribution in [0.1, 0.15) is 111 Å². The minimum atomic E-state index is -0.0185. The number of phenols is 1. The number of rotatable bonds is 1. The van der Waals surface area contributed by atoms with Gasteiger partial charge >= 0.3 is 0 Å². The minimum absolute atomic E-state index is 0.0185. The van der Waals surface area contributed by atoms with Crippen LogP contribution in [0.3, 0.4) is 0 Å². The molecule has 0 unspecified atom stereocenters. The summed E-state index contributed by atoms with van der Waals surface area (Å²) in [5.74, 6) is 2.45. The lowest BCUT2D eigenvalue weighted by atomic mass is 9.80. The van der Waals surface area contributed by atoms with Gasteiger partial charge in [0, 0.05) is 5.56 Å².